The normalized spacial score (nSPS) is 13.6. The largest absolute Gasteiger partial charge is 0.465 e. The van der Waals surface area contributed by atoms with Crippen molar-refractivity contribution in [3.63, 3.8) is 0 Å². The van der Waals surface area contributed by atoms with E-state index in [1.54, 1.807) is 6.08 Å². The summed E-state index contributed by atoms with van der Waals surface area (Å²) >= 11 is 1.48. The second-order valence-corrected chi connectivity index (χ2v) is 8.85. The van der Waals surface area contributed by atoms with Crippen molar-refractivity contribution in [1.29, 1.82) is 0 Å². The van der Waals surface area contributed by atoms with Gasteiger partial charge in [0.15, 0.2) is 0 Å². The highest BCUT2D eigenvalue weighted by Gasteiger charge is 2.27. The first-order valence-electron chi connectivity index (χ1n) is 9.12. The third-order valence-corrected chi connectivity index (χ3v) is 5.96. The van der Waals surface area contributed by atoms with Gasteiger partial charge in [-0.1, -0.05) is 45.0 Å². The molecule has 0 aliphatic heterocycles. The Morgan fingerprint density at radius 3 is 2.48 bits per heavy atom. The molecule has 1 amide bonds. The number of hydrogen-bond acceptors (Lipinski definition) is 4. The summed E-state index contributed by atoms with van der Waals surface area (Å²) in [6.45, 7) is 6.51. The number of methoxy groups -OCH3 is 1. The number of fused-ring (bicyclic) bond motifs is 1. The van der Waals surface area contributed by atoms with Crippen molar-refractivity contribution in [1.82, 2.24) is 0 Å². The first-order valence-corrected chi connectivity index (χ1v) is 9.93. The molecular weight excluding hydrogens is 358 g/mol. The first kappa shape index (κ1) is 19.4. The quantitative estimate of drug-likeness (QED) is 0.599. The number of esters is 1. The molecule has 0 bridgehead atoms. The minimum absolute atomic E-state index is 0.101. The van der Waals surface area contributed by atoms with E-state index in [-0.39, 0.29) is 17.3 Å². The number of hydrogen-bond donors (Lipinski definition) is 1. The van der Waals surface area contributed by atoms with E-state index in [1.165, 1.54) is 35.0 Å². The van der Waals surface area contributed by atoms with Crippen molar-refractivity contribution in [3.8, 4) is 0 Å². The fraction of sp³-hybridized carbons (Fsp3) is 0.364. The highest BCUT2D eigenvalue weighted by Crippen LogP contribution is 2.39. The highest BCUT2D eigenvalue weighted by molar-refractivity contribution is 7.17. The number of aryl methyl sites for hydroxylation is 1. The molecule has 1 N–H and O–H groups in total. The molecule has 3 rings (SSSR count). The SMILES string of the molecule is COC(=O)c1c(NC(=O)C=Cc2ccc(C(C)(C)C)cc2)sc2c1CCC2. The zero-order chi connectivity index (χ0) is 19.6. The van der Waals surface area contributed by atoms with Crippen molar-refractivity contribution in [3.05, 3.63) is 57.5 Å². The molecule has 0 atom stereocenters. The molecule has 0 saturated heterocycles. The number of ether oxygens (including phenoxy) is 1. The molecule has 0 unspecified atom stereocenters. The van der Waals surface area contributed by atoms with Crippen LogP contribution in [-0.2, 0) is 27.8 Å². The average Bonchev–Trinajstić information content (AvgIpc) is 3.19. The van der Waals surface area contributed by atoms with Crippen LogP contribution in [0.2, 0.25) is 0 Å². The monoisotopic (exact) mass is 383 g/mol. The van der Waals surface area contributed by atoms with E-state index in [4.69, 9.17) is 4.74 Å². The second-order valence-electron chi connectivity index (χ2n) is 7.75. The maximum Gasteiger partial charge on any atom is 0.341 e. The van der Waals surface area contributed by atoms with Crippen LogP contribution in [-0.4, -0.2) is 19.0 Å². The van der Waals surface area contributed by atoms with Gasteiger partial charge in [0, 0.05) is 11.0 Å². The summed E-state index contributed by atoms with van der Waals surface area (Å²) in [5.41, 5.74) is 3.86. The fourth-order valence-corrected chi connectivity index (χ4v) is 4.51. The van der Waals surface area contributed by atoms with Crippen LogP contribution in [0.5, 0.6) is 0 Å². The fourth-order valence-electron chi connectivity index (χ4n) is 3.23. The third kappa shape index (κ3) is 4.30. The maximum absolute atomic E-state index is 12.4. The first-order chi connectivity index (χ1) is 12.8. The van der Waals surface area contributed by atoms with E-state index in [0.717, 1.165) is 30.4 Å². The van der Waals surface area contributed by atoms with Crippen molar-refractivity contribution in [2.45, 2.75) is 45.4 Å². The summed E-state index contributed by atoms with van der Waals surface area (Å²) < 4.78 is 4.91. The van der Waals surface area contributed by atoms with E-state index in [0.29, 0.717) is 10.6 Å². The number of thiophene rings is 1. The molecule has 27 heavy (non-hydrogen) atoms. The molecule has 142 valence electrons. The Morgan fingerprint density at radius 2 is 1.85 bits per heavy atom. The summed E-state index contributed by atoms with van der Waals surface area (Å²) in [6.07, 6.45) is 6.14. The minimum atomic E-state index is -0.383. The lowest BCUT2D eigenvalue weighted by Crippen LogP contribution is -2.12. The number of rotatable bonds is 4. The molecule has 1 aliphatic carbocycles. The molecule has 2 aromatic rings. The molecular formula is C22H25NO3S. The Kier molecular flexibility index (Phi) is 5.51. The van der Waals surface area contributed by atoms with Crippen LogP contribution in [0.25, 0.3) is 6.08 Å². The highest BCUT2D eigenvalue weighted by atomic mass is 32.1. The molecule has 1 aliphatic rings. The molecule has 1 aromatic carbocycles. The predicted octanol–water partition coefficient (Wildman–Crippen LogP) is 4.97. The van der Waals surface area contributed by atoms with Crippen molar-refractivity contribution in [2.75, 3.05) is 12.4 Å². The van der Waals surface area contributed by atoms with Gasteiger partial charge in [0.25, 0.3) is 0 Å². The van der Waals surface area contributed by atoms with Crippen LogP contribution in [0.1, 0.15) is 59.1 Å². The molecule has 1 heterocycles. The topological polar surface area (TPSA) is 55.4 Å². The van der Waals surface area contributed by atoms with Gasteiger partial charge in [-0.05, 0) is 47.4 Å². The lowest BCUT2D eigenvalue weighted by Gasteiger charge is -2.18. The van der Waals surface area contributed by atoms with Crippen LogP contribution in [0.4, 0.5) is 5.00 Å². The van der Waals surface area contributed by atoms with E-state index in [2.05, 4.69) is 38.2 Å². The molecule has 4 nitrogen and oxygen atoms in total. The molecule has 0 fully saturated rings. The van der Waals surface area contributed by atoms with Crippen LogP contribution < -0.4 is 5.32 Å². The van der Waals surface area contributed by atoms with E-state index in [9.17, 15) is 9.59 Å². The zero-order valence-electron chi connectivity index (χ0n) is 16.2. The van der Waals surface area contributed by atoms with Gasteiger partial charge in [0.1, 0.15) is 5.00 Å². The number of carbonyl (C=O) groups is 2. The smallest absolute Gasteiger partial charge is 0.341 e. The van der Waals surface area contributed by atoms with Gasteiger partial charge in [-0.2, -0.15) is 0 Å². The van der Waals surface area contributed by atoms with Crippen LogP contribution >= 0.6 is 11.3 Å². The van der Waals surface area contributed by atoms with Crippen molar-refractivity contribution in [2.24, 2.45) is 0 Å². The lowest BCUT2D eigenvalue weighted by atomic mass is 9.87. The third-order valence-electron chi connectivity index (χ3n) is 4.75. The Labute approximate surface area is 164 Å². The Bertz CT molecular complexity index is 886. The minimum Gasteiger partial charge on any atom is -0.465 e. The van der Waals surface area contributed by atoms with Crippen LogP contribution in [0.3, 0.4) is 0 Å². The van der Waals surface area contributed by atoms with Crippen LogP contribution in [0, 0.1) is 0 Å². The number of nitrogens with one attached hydrogen (secondary N) is 1. The number of benzene rings is 1. The molecule has 0 radical (unpaired) electrons. The predicted molar refractivity (Wildman–Crippen MR) is 110 cm³/mol. The van der Waals surface area contributed by atoms with Gasteiger partial charge >= 0.3 is 5.97 Å². The summed E-state index contributed by atoms with van der Waals surface area (Å²) in [5, 5.41) is 3.44. The zero-order valence-corrected chi connectivity index (χ0v) is 17.0. The van der Waals surface area contributed by atoms with Gasteiger partial charge in [-0.3, -0.25) is 4.79 Å². The molecule has 5 heteroatoms. The van der Waals surface area contributed by atoms with Gasteiger partial charge in [-0.15, -0.1) is 11.3 Å². The maximum atomic E-state index is 12.4. The van der Waals surface area contributed by atoms with E-state index in [1.807, 2.05) is 12.1 Å². The number of carbonyl (C=O) groups excluding carboxylic acids is 2. The summed E-state index contributed by atoms with van der Waals surface area (Å²) in [4.78, 5) is 25.7. The molecule has 1 aromatic heterocycles. The molecule has 0 spiro atoms. The standard InChI is InChI=1S/C22H25NO3S/c1-22(2,3)15-11-8-14(9-12-15)10-13-18(24)23-20-19(21(25)26-4)16-6-5-7-17(16)27-20/h8-13H,5-7H2,1-4H3,(H,23,24). The number of amides is 1. The van der Waals surface area contributed by atoms with Gasteiger partial charge in [-0.25, -0.2) is 4.79 Å². The van der Waals surface area contributed by atoms with Crippen LogP contribution in [0.15, 0.2) is 30.3 Å². The van der Waals surface area contributed by atoms with Crippen molar-refractivity contribution >= 4 is 34.3 Å². The molecule has 0 saturated carbocycles. The Hall–Kier alpha value is -2.40. The van der Waals surface area contributed by atoms with Crippen molar-refractivity contribution < 1.29 is 14.3 Å². The summed E-state index contributed by atoms with van der Waals surface area (Å²) in [7, 11) is 1.37. The lowest BCUT2D eigenvalue weighted by molar-refractivity contribution is -0.111. The Morgan fingerprint density at radius 1 is 1.15 bits per heavy atom. The number of anilines is 1. The van der Waals surface area contributed by atoms with Gasteiger partial charge in [0.2, 0.25) is 5.91 Å². The van der Waals surface area contributed by atoms with E-state index < -0.39 is 0 Å². The van der Waals surface area contributed by atoms with Gasteiger partial charge in [0.05, 0.1) is 12.7 Å². The Balaban J connectivity index is 1.73. The average molecular weight is 384 g/mol. The van der Waals surface area contributed by atoms with Gasteiger partial charge < -0.3 is 10.1 Å². The second kappa shape index (κ2) is 7.69. The van der Waals surface area contributed by atoms with E-state index >= 15 is 0 Å². The summed E-state index contributed by atoms with van der Waals surface area (Å²) in [6, 6.07) is 8.17. The summed E-state index contributed by atoms with van der Waals surface area (Å²) in [5.74, 6) is -0.633.